The number of ether oxygens (including phenoxy) is 2. The summed E-state index contributed by atoms with van der Waals surface area (Å²) in [7, 11) is 0. The van der Waals surface area contributed by atoms with E-state index >= 15 is 0 Å². The van der Waals surface area contributed by atoms with E-state index in [0.717, 1.165) is 31.2 Å². The van der Waals surface area contributed by atoms with Gasteiger partial charge in [0.25, 0.3) is 0 Å². The average molecular weight is 349 g/mol. The molecule has 4 rings (SSSR count). The van der Waals surface area contributed by atoms with E-state index < -0.39 is 0 Å². The molecular weight excluding hydrogens is 330 g/mol. The van der Waals surface area contributed by atoms with Gasteiger partial charge in [0.05, 0.1) is 11.5 Å². The van der Waals surface area contributed by atoms with Crippen LogP contribution in [0.4, 0.5) is 0 Å². The predicted octanol–water partition coefficient (Wildman–Crippen LogP) is 4.18. The number of benzene rings is 1. The summed E-state index contributed by atoms with van der Waals surface area (Å²) in [5.41, 5.74) is 1.25. The number of esters is 1. The van der Waals surface area contributed by atoms with Gasteiger partial charge in [0.15, 0.2) is 5.76 Å². The van der Waals surface area contributed by atoms with Crippen LogP contribution in [0.5, 0.6) is 11.5 Å². The lowest BCUT2D eigenvalue weighted by Crippen LogP contribution is -2.22. The van der Waals surface area contributed by atoms with E-state index in [4.69, 9.17) is 9.47 Å². The first-order chi connectivity index (χ1) is 12.7. The molecule has 26 heavy (non-hydrogen) atoms. The Bertz CT molecular complexity index is 867. The summed E-state index contributed by atoms with van der Waals surface area (Å²) in [6.07, 6.45) is 10.1. The maximum Gasteiger partial charge on any atom is 0.314 e. The van der Waals surface area contributed by atoms with Crippen molar-refractivity contribution in [1.29, 1.82) is 0 Å². The number of ketones is 1. The van der Waals surface area contributed by atoms with Crippen molar-refractivity contribution in [1.82, 2.24) is 4.98 Å². The molecule has 2 aliphatic rings. The second-order valence-electron chi connectivity index (χ2n) is 6.64. The van der Waals surface area contributed by atoms with Crippen molar-refractivity contribution in [2.24, 2.45) is 5.92 Å². The second-order valence-corrected chi connectivity index (χ2v) is 6.64. The molecule has 0 spiro atoms. The number of hydrogen-bond acceptors (Lipinski definition) is 5. The van der Waals surface area contributed by atoms with Crippen LogP contribution in [0, 0.1) is 5.92 Å². The van der Waals surface area contributed by atoms with E-state index in [0.29, 0.717) is 17.1 Å². The Balaban J connectivity index is 1.50. The fourth-order valence-corrected chi connectivity index (χ4v) is 3.38. The van der Waals surface area contributed by atoms with Gasteiger partial charge in [-0.25, -0.2) is 0 Å². The summed E-state index contributed by atoms with van der Waals surface area (Å²) in [6, 6.07) is 8.54. The summed E-state index contributed by atoms with van der Waals surface area (Å²) in [4.78, 5) is 28.8. The van der Waals surface area contributed by atoms with E-state index in [1.807, 2.05) is 6.07 Å². The zero-order chi connectivity index (χ0) is 17.9. The zero-order valence-electron chi connectivity index (χ0n) is 14.3. The van der Waals surface area contributed by atoms with Crippen molar-refractivity contribution in [3.05, 3.63) is 59.6 Å². The van der Waals surface area contributed by atoms with Crippen LogP contribution in [-0.2, 0) is 4.79 Å². The standard InChI is InChI=1S/C21H19NO4/c23-20-17-9-8-16(25-21(24)15-6-2-1-3-7-15)12-18(17)26-19(20)11-14-5-4-10-22-13-14/h4-5,8-13,15H,1-3,6-7H2. The number of aromatic nitrogens is 1. The minimum atomic E-state index is -0.194. The molecule has 0 radical (unpaired) electrons. The van der Waals surface area contributed by atoms with Gasteiger partial charge in [0.2, 0.25) is 5.78 Å². The molecule has 2 aromatic rings. The summed E-state index contributed by atoms with van der Waals surface area (Å²) >= 11 is 0. The van der Waals surface area contributed by atoms with E-state index in [1.54, 1.807) is 42.7 Å². The highest BCUT2D eigenvalue weighted by Crippen LogP contribution is 2.35. The molecule has 0 unspecified atom stereocenters. The van der Waals surface area contributed by atoms with Crippen molar-refractivity contribution in [2.75, 3.05) is 0 Å². The summed E-state index contributed by atoms with van der Waals surface area (Å²) in [5.74, 6) is 0.660. The first kappa shape index (κ1) is 16.5. The fourth-order valence-electron chi connectivity index (χ4n) is 3.38. The number of allylic oxidation sites excluding steroid dienone is 1. The fraction of sp³-hybridized carbons (Fsp3) is 0.286. The molecule has 0 bridgehead atoms. The maximum absolute atomic E-state index is 12.5. The Morgan fingerprint density at radius 1 is 1.19 bits per heavy atom. The Morgan fingerprint density at radius 2 is 2.04 bits per heavy atom. The highest BCUT2D eigenvalue weighted by atomic mass is 16.5. The molecule has 5 nitrogen and oxygen atoms in total. The molecule has 2 heterocycles. The Hall–Kier alpha value is -2.95. The highest BCUT2D eigenvalue weighted by molar-refractivity contribution is 6.14. The molecule has 0 N–H and O–H groups in total. The average Bonchev–Trinajstić information content (AvgIpc) is 2.98. The van der Waals surface area contributed by atoms with Gasteiger partial charge in [0.1, 0.15) is 11.5 Å². The van der Waals surface area contributed by atoms with Gasteiger partial charge in [-0.1, -0.05) is 25.3 Å². The number of Topliss-reactive ketones (excluding diaryl/α,β-unsaturated/α-hetero) is 1. The van der Waals surface area contributed by atoms with E-state index in [9.17, 15) is 9.59 Å². The van der Waals surface area contributed by atoms with Crippen molar-refractivity contribution in [2.45, 2.75) is 32.1 Å². The number of pyridine rings is 1. The molecule has 1 aliphatic carbocycles. The van der Waals surface area contributed by atoms with Crippen molar-refractivity contribution in [3.8, 4) is 11.5 Å². The third-order valence-electron chi connectivity index (χ3n) is 4.78. The van der Waals surface area contributed by atoms with Gasteiger partial charge in [0, 0.05) is 18.5 Å². The number of hydrogen-bond donors (Lipinski definition) is 0. The van der Waals surface area contributed by atoms with Crippen molar-refractivity contribution in [3.63, 3.8) is 0 Å². The first-order valence-electron chi connectivity index (χ1n) is 8.91. The summed E-state index contributed by atoms with van der Waals surface area (Å²) in [5, 5.41) is 0. The number of fused-ring (bicyclic) bond motifs is 1. The quantitative estimate of drug-likeness (QED) is 0.472. The topological polar surface area (TPSA) is 65.5 Å². The molecule has 1 saturated carbocycles. The lowest BCUT2D eigenvalue weighted by atomic mass is 9.89. The summed E-state index contributed by atoms with van der Waals surface area (Å²) < 4.78 is 11.2. The van der Waals surface area contributed by atoms with Gasteiger partial charge < -0.3 is 9.47 Å². The number of nitrogens with zero attached hydrogens (tertiary/aromatic N) is 1. The van der Waals surface area contributed by atoms with Gasteiger partial charge in [-0.2, -0.15) is 0 Å². The third kappa shape index (κ3) is 3.38. The monoisotopic (exact) mass is 349 g/mol. The molecule has 0 atom stereocenters. The van der Waals surface area contributed by atoms with Crippen LogP contribution in [0.15, 0.2) is 48.5 Å². The van der Waals surface area contributed by atoms with Crippen molar-refractivity contribution < 1.29 is 19.1 Å². The van der Waals surface area contributed by atoms with Gasteiger partial charge >= 0.3 is 5.97 Å². The zero-order valence-corrected chi connectivity index (χ0v) is 14.3. The molecule has 1 aromatic heterocycles. The minimum absolute atomic E-state index is 0.0272. The third-order valence-corrected chi connectivity index (χ3v) is 4.78. The normalized spacial score (nSPS) is 18.5. The molecule has 1 aliphatic heterocycles. The van der Waals surface area contributed by atoms with E-state index in [1.165, 1.54) is 6.42 Å². The van der Waals surface area contributed by atoms with Crippen LogP contribution in [0.1, 0.15) is 48.0 Å². The van der Waals surface area contributed by atoms with E-state index in [-0.39, 0.29) is 23.4 Å². The van der Waals surface area contributed by atoms with Crippen LogP contribution >= 0.6 is 0 Å². The number of carbonyl (C=O) groups excluding carboxylic acids is 2. The second kappa shape index (κ2) is 7.12. The lowest BCUT2D eigenvalue weighted by Gasteiger charge is -2.19. The van der Waals surface area contributed by atoms with Gasteiger partial charge in [-0.3, -0.25) is 14.6 Å². The molecule has 0 amide bonds. The molecular formula is C21H19NO4. The van der Waals surface area contributed by atoms with Crippen LogP contribution < -0.4 is 9.47 Å². The van der Waals surface area contributed by atoms with Crippen LogP contribution in [-0.4, -0.2) is 16.7 Å². The lowest BCUT2D eigenvalue weighted by molar-refractivity contribution is -0.139. The molecule has 1 fully saturated rings. The SMILES string of the molecule is O=C1C(=Cc2cccnc2)Oc2cc(OC(=O)C3CCCCC3)ccc21. The summed E-state index contributed by atoms with van der Waals surface area (Å²) in [6.45, 7) is 0. The first-order valence-corrected chi connectivity index (χ1v) is 8.91. The molecule has 5 heteroatoms. The Kier molecular flexibility index (Phi) is 4.52. The maximum atomic E-state index is 12.5. The van der Waals surface area contributed by atoms with Crippen molar-refractivity contribution >= 4 is 17.8 Å². The Labute approximate surface area is 151 Å². The smallest absolute Gasteiger partial charge is 0.314 e. The molecule has 1 aromatic carbocycles. The minimum Gasteiger partial charge on any atom is -0.452 e. The van der Waals surface area contributed by atoms with Gasteiger partial charge in [-0.05, 0) is 42.7 Å². The number of carbonyl (C=O) groups is 2. The molecule has 0 saturated heterocycles. The Morgan fingerprint density at radius 3 is 2.81 bits per heavy atom. The van der Waals surface area contributed by atoms with Crippen LogP contribution in [0.25, 0.3) is 6.08 Å². The van der Waals surface area contributed by atoms with E-state index in [2.05, 4.69) is 4.98 Å². The number of rotatable bonds is 3. The molecule has 132 valence electrons. The highest BCUT2D eigenvalue weighted by Gasteiger charge is 2.29. The van der Waals surface area contributed by atoms with Crippen LogP contribution in [0.3, 0.4) is 0 Å². The predicted molar refractivity (Wildman–Crippen MR) is 95.8 cm³/mol. The largest absolute Gasteiger partial charge is 0.452 e. The van der Waals surface area contributed by atoms with Gasteiger partial charge in [-0.15, -0.1) is 0 Å². The van der Waals surface area contributed by atoms with Crippen LogP contribution in [0.2, 0.25) is 0 Å².